The number of aryl methyl sites for hydroxylation is 2. The van der Waals surface area contributed by atoms with Crippen molar-refractivity contribution < 1.29 is 12.8 Å². The van der Waals surface area contributed by atoms with Crippen LogP contribution in [0.5, 0.6) is 0 Å². The summed E-state index contributed by atoms with van der Waals surface area (Å²) in [7, 11) is -3.81. The number of benzene rings is 2. The van der Waals surface area contributed by atoms with Gasteiger partial charge < -0.3 is 9.47 Å². The summed E-state index contributed by atoms with van der Waals surface area (Å²) in [5.74, 6) is 0.758. The van der Waals surface area contributed by atoms with E-state index in [2.05, 4.69) is 40.2 Å². The van der Waals surface area contributed by atoms with E-state index in [0.717, 1.165) is 30.5 Å². The third-order valence-corrected chi connectivity index (χ3v) is 8.06. The van der Waals surface area contributed by atoms with Crippen molar-refractivity contribution in [2.75, 3.05) is 19.6 Å². The highest BCUT2D eigenvalue weighted by atomic mass is 32.2. The number of hydrogen-bond donors (Lipinski definition) is 1. The van der Waals surface area contributed by atoms with Gasteiger partial charge in [-0.15, -0.1) is 0 Å². The topological polar surface area (TPSA) is 81.2 Å². The molecule has 34 heavy (non-hydrogen) atoms. The van der Waals surface area contributed by atoms with Crippen LogP contribution >= 0.6 is 0 Å². The van der Waals surface area contributed by atoms with Crippen LogP contribution in [0.3, 0.4) is 0 Å². The molecule has 180 valence electrons. The molecular formula is C26H31FN4O2S. The average Bonchev–Trinajstić information content (AvgIpc) is 3.37. The molecule has 2 unspecified atom stereocenters. The second-order valence-corrected chi connectivity index (χ2v) is 11.2. The lowest BCUT2D eigenvalue weighted by Crippen LogP contribution is -2.41. The van der Waals surface area contributed by atoms with E-state index >= 15 is 4.39 Å². The van der Waals surface area contributed by atoms with E-state index in [1.807, 2.05) is 6.07 Å². The molecule has 8 heteroatoms. The lowest BCUT2D eigenvalue weighted by atomic mass is 9.85. The van der Waals surface area contributed by atoms with Crippen molar-refractivity contribution in [3.8, 4) is 0 Å². The summed E-state index contributed by atoms with van der Waals surface area (Å²) in [6.07, 6.45) is 7.32. The van der Waals surface area contributed by atoms with Crippen LogP contribution in [0.2, 0.25) is 0 Å². The first-order valence-electron chi connectivity index (χ1n) is 12.0. The molecule has 0 radical (unpaired) electrons. The molecule has 1 aliphatic heterocycles. The molecule has 5 rings (SSSR count). The number of halogens is 1. The fourth-order valence-electron chi connectivity index (χ4n) is 5.36. The van der Waals surface area contributed by atoms with Crippen molar-refractivity contribution in [1.29, 1.82) is 0 Å². The van der Waals surface area contributed by atoms with Crippen LogP contribution in [0.4, 0.5) is 4.39 Å². The van der Waals surface area contributed by atoms with Gasteiger partial charge in [-0.2, -0.15) is 0 Å². The summed E-state index contributed by atoms with van der Waals surface area (Å²) in [4.78, 5) is 6.36. The number of aromatic nitrogens is 2. The lowest BCUT2D eigenvalue weighted by molar-refractivity contribution is 0.145. The maximum atomic E-state index is 15.0. The Balaban J connectivity index is 1.32. The van der Waals surface area contributed by atoms with E-state index in [-0.39, 0.29) is 10.8 Å². The van der Waals surface area contributed by atoms with E-state index in [9.17, 15) is 8.42 Å². The SMILES string of the molecule is NS(=O)(=O)c1cn(CCCc2cc3c(cc2F)CC(CN2CCC2)C3Cc2ccccc2)cn1. The van der Waals surface area contributed by atoms with E-state index in [4.69, 9.17) is 5.14 Å². The third-order valence-electron chi connectivity index (χ3n) is 7.26. The fourth-order valence-corrected chi connectivity index (χ4v) is 5.84. The summed E-state index contributed by atoms with van der Waals surface area (Å²) in [5, 5.41) is 4.98. The van der Waals surface area contributed by atoms with Crippen LogP contribution in [-0.4, -0.2) is 42.5 Å². The molecule has 0 spiro atoms. The molecule has 1 aromatic heterocycles. The quantitative estimate of drug-likeness (QED) is 0.506. The molecule has 1 fully saturated rings. The van der Waals surface area contributed by atoms with E-state index in [1.54, 1.807) is 10.6 Å². The molecule has 2 aromatic carbocycles. The summed E-state index contributed by atoms with van der Waals surface area (Å²) in [6.45, 7) is 3.97. The van der Waals surface area contributed by atoms with Crippen LogP contribution in [0, 0.1) is 11.7 Å². The van der Waals surface area contributed by atoms with Crippen LogP contribution in [0.25, 0.3) is 0 Å². The van der Waals surface area contributed by atoms with Gasteiger partial charge in [-0.1, -0.05) is 36.4 Å². The Morgan fingerprint density at radius 1 is 1.15 bits per heavy atom. The number of fused-ring (bicyclic) bond motifs is 1. The second-order valence-electron chi connectivity index (χ2n) is 9.66. The van der Waals surface area contributed by atoms with Gasteiger partial charge in [0.25, 0.3) is 10.0 Å². The van der Waals surface area contributed by atoms with Gasteiger partial charge >= 0.3 is 0 Å². The summed E-state index contributed by atoms with van der Waals surface area (Å²) >= 11 is 0. The molecule has 1 aliphatic carbocycles. The maximum Gasteiger partial charge on any atom is 0.257 e. The van der Waals surface area contributed by atoms with Gasteiger partial charge in [0.1, 0.15) is 5.82 Å². The molecule has 2 atom stereocenters. The van der Waals surface area contributed by atoms with Crippen LogP contribution < -0.4 is 5.14 Å². The van der Waals surface area contributed by atoms with Crippen molar-refractivity contribution in [3.05, 3.63) is 83.1 Å². The number of nitrogens with two attached hydrogens (primary N) is 1. The molecule has 2 heterocycles. The number of hydrogen-bond acceptors (Lipinski definition) is 4. The first kappa shape index (κ1) is 23.2. The first-order chi connectivity index (χ1) is 16.4. The predicted octanol–water partition coefficient (Wildman–Crippen LogP) is 3.51. The zero-order valence-electron chi connectivity index (χ0n) is 19.2. The summed E-state index contributed by atoms with van der Waals surface area (Å²) < 4.78 is 39.6. The van der Waals surface area contributed by atoms with Crippen molar-refractivity contribution >= 4 is 10.0 Å². The van der Waals surface area contributed by atoms with Gasteiger partial charge in [0.05, 0.1) is 6.33 Å². The Morgan fingerprint density at radius 3 is 2.62 bits per heavy atom. The third kappa shape index (κ3) is 5.09. The van der Waals surface area contributed by atoms with Gasteiger partial charge in [0, 0.05) is 19.3 Å². The van der Waals surface area contributed by atoms with E-state index in [1.165, 1.54) is 43.2 Å². The molecule has 0 saturated carbocycles. The van der Waals surface area contributed by atoms with E-state index in [0.29, 0.717) is 31.2 Å². The zero-order valence-corrected chi connectivity index (χ0v) is 20.1. The number of primary sulfonamides is 1. The highest BCUT2D eigenvalue weighted by Crippen LogP contribution is 2.42. The average molecular weight is 483 g/mol. The minimum absolute atomic E-state index is 0.141. The zero-order chi connectivity index (χ0) is 23.7. The Hall–Kier alpha value is -2.55. The Labute approximate surface area is 200 Å². The monoisotopic (exact) mass is 482 g/mol. The minimum atomic E-state index is -3.81. The van der Waals surface area contributed by atoms with Crippen molar-refractivity contribution in [2.45, 2.75) is 49.6 Å². The molecule has 3 aromatic rings. The largest absolute Gasteiger partial charge is 0.336 e. The smallest absolute Gasteiger partial charge is 0.257 e. The predicted molar refractivity (Wildman–Crippen MR) is 129 cm³/mol. The standard InChI is InChI=1S/C26H31FN4O2S/c27-25-15-21-13-22(16-30-10-5-11-30)23(12-19-6-2-1-3-7-19)24(21)14-20(25)8-4-9-31-17-26(29-18-31)34(28,32)33/h1-3,6-7,14-15,17-18,22-23H,4-5,8-13,16H2,(H2,28,32,33). The normalized spacial score (nSPS) is 20.3. The van der Waals surface area contributed by atoms with Gasteiger partial charge in [-0.3, -0.25) is 0 Å². The van der Waals surface area contributed by atoms with Crippen molar-refractivity contribution in [2.24, 2.45) is 11.1 Å². The molecule has 6 nitrogen and oxygen atoms in total. The van der Waals surface area contributed by atoms with Crippen LogP contribution in [-0.2, 0) is 35.8 Å². The van der Waals surface area contributed by atoms with Gasteiger partial charge in [0.15, 0.2) is 5.03 Å². The van der Waals surface area contributed by atoms with Crippen molar-refractivity contribution in [3.63, 3.8) is 0 Å². The molecule has 2 aliphatic rings. The number of nitrogens with zero attached hydrogens (tertiary/aromatic N) is 3. The van der Waals surface area contributed by atoms with Crippen molar-refractivity contribution in [1.82, 2.24) is 14.5 Å². The maximum absolute atomic E-state index is 15.0. The highest BCUT2D eigenvalue weighted by molar-refractivity contribution is 7.89. The molecule has 1 saturated heterocycles. The summed E-state index contributed by atoms with van der Waals surface area (Å²) in [5.41, 5.74) is 4.50. The first-order valence-corrected chi connectivity index (χ1v) is 13.5. The molecule has 0 bridgehead atoms. The molecule has 2 N–H and O–H groups in total. The van der Waals surface area contributed by atoms with Crippen LogP contribution in [0.15, 0.2) is 60.0 Å². The lowest BCUT2D eigenvalue weighted by Gasteiger charge is -2.35. The fraction of sp³-hybridized carbons (Fsp3) is 0.423. The molecule has 0 amide bonds. The minimum Gasteiger partial charge on any atom is -0.336 e. The highest BCUT2D eigenvalue weighted by Gasteiger charge is 2.35. The van der Waals surface area contributed by atoms with Crippen LogP contribution in [0.1, 0.15) is 41.0 Å². The van der Waals surface area contributed by atoms with Gasteiger partial charge in [-0.25, -0.2) is 22.9 Å². The number of likely N-dealkylation sites (tertiary alicyclic amines) is 1. The Bertz CT molecular complexity index is 1260. The summed E-state index contributed by atoms with van der Waals surface area (Å²) in [6, 6.07) is 14.4. The Morgan fingerprint density at radius 2 is 1.94 bits per heavy atom. The van der Waals surface area contributed by atoms with Gasteiger partial charge in [-0.05, 0) is 85.3 Å². The van der Waals surface area contributed by atoms with Gasteiger partial charge in [0.2, 0.25) is 0 Å². The number of rotatable bonds is 9. The number of imidazole rings is 1. The Kier molecular flexibility index (Phi) is 6.55. The number of sulfonamides is 1. The van der Waals surface area contributed by atoms with E-state index < -0.39 is 10.0 Å². The molecular weight excluding hydrogens is 451 g/mol. The second kappa shape index (κ2) is 9.60.